The number of likely N-dealkylation sites (N-methyl/N-ethyl adjacent to an activating group) is 1. The van der Waals surface area contributed by atoms with Crippen LogP contribution < -0.4 is 10.6 Å². The molecule has 0 aliphatic rings. The lowest BCUT2D eigenvalue weighted by Gasteiger charge is -2.12. The van der Waals surface area contributed by atoms with Crippen LogP contribution in [0.3, 0.4) is 0 Å². The van der Waals surface area contributed by atoms with Gasteiger partial charge in [0.1, 0.15) is 11.4 Å². The summed E-state index contributed by atoms with van der Waals surface area (Å²) >= 11 is 0. The van der Waals surface area contributed by atoms with Gasteiger partial charge < -0.3 is 15.7 Å². The van der Waals surface area contributed by atoms with Crippen LogP contribution in [0.25, 0.3) is 0 Å². The predicted molar refractivity (Wildman–Crippen MR) is 82.2 cm³/mol. The lowest BCUT2D eigenvalue weighted by atomic mass is 10.1. The number of carbonyl (C=O) groups excluding carboxylic acids is 1. The molecule has 110 valence electrons. The third kappa shape index (κ3) is 3.95. The number of aryl methyl sites for hydroxylation is 1. The molecule has 21 heavy (non-hydrogen) atoms. The van der Waals surface area contributed by atoms with Gasteiger partial charge in [0.05, 0.1) is 13.0 Å². The molecule has 0 saturated heterocycles. The zero-order valence-electron chi connectivity index (χ0n) is 12.2. The summed E-state index contributed by atoms with van der Waals surface area (Å²) < 4.78 is 0. The number of nitrogens with one attached hydrogen (secondary N) is 2. The Morgan fingerprint density at radius 1 is 1.24 bits per heavy atom. The molecular formula is C16H19N3O2. The van der Waals surface area contributed by atoms with Gasteiger partial charge in [0, 0.05) is 18.4 Å². The molecule has 2 aromatic rings. The lowest BCUT2D eigenvalue weighted by Crippen LogP contribution is -2.20. The number of benzene rings is 1. The highest BCUT2D eigenvalue weighted by molar-refractivity contribution is 5.80. The van der Waals surface area contributed by atoms with E-state index in [-0.39, 0.29) is 11.7 Å². The summed E-state index contributed by atoms with van der Waals surface area (Å²) in [5.74, 6) is 0.123. The lowest BCUT2D eigenvalue weighted by molar-refractivity contribution is -0.119. The first kappa shape index (κ1) is 14.8. The number of aromatic hydroxyl groups is 1. The van der Waals surface area contributed by atoms with Gasteiger partial charge in [-0.3, -0.25) is 9.78 Å². The van der Waals surface area contributed by atoms with Gasteiger partial charge in [-0.05, 0) is 30.7 Å². The van der Waals surface area contributed by atoms with E-state index in [1.807, 2.05) is 31.2 Å². The van der Waals surface area contributed by atoms with Crippen LogP contribution in [0.15, 0.2) is 36.4 Å². The molecule has 0 radical (unpaired) electrons. The maximum atomic E-state index is 11.5. The van der Waals surface area contributed by atoms with Crippen molar-refractivity contribution >= 4 is 11.6 Å². The zero-order chi connectivity index (χ0) is 15.2. The molecule has 0 fully saturated rings. The Labute approximate surface area is 124 Å². The molecule has 1 heterocycles. The number of carbonyl (C=O) groups is 1. The molecule has 0 aliphatic carbocycles. The minimum absolute atomic E-state index is 0.0409. The van der Waals surface area contributed by atoms with Crippen molar-refractivity contribution in [3.8, 4) is 5.75 Å². The summed E-state index contributed by atoms with van der Waals surface area (Å²) in [7, 11) is 1.62. The number of nitrogens with zero attached hydrogens (tertiary/aromatic N) is 1. The molecule has 0 bridgehead atoms. The van der Waals surface area contributed by atoms with Crippen LogP contribution >= 0.6 is 0 Å². The van der Waals surface area contributed by atoms with Crippen LogP contribution in [-0.4, -0.2) is 23.0 Å². The highest BCUT2D eigenvalue weighted by Crippen LogP contribution is 2.19. The first-order valence-corrected chi connectivity index (χ1v) is 6.78. The molecule has 0 unspecified atom stereocenters. The maximum Gasteiger partial charge on any atom is 0.224 e. The second-order valence-corrected chi connectivity index (χ2v) is 4.78. The fourth-order valence-electron chi connectivity index (χ4n) is 2.02. The number of rotatable bonds is 5. The van der Waals surface area contributed by atoms with Gasteiger partial charge in [-0.1, -0.05) is 18.2 Å². The molecule has 1 amide bonds. The van der Waals surface area contributed by atoms with Gasteiger partial charge in [-0.25, -0.2) is 0 Å². The molecule has 2 rings (SSSR count). The molecule has 0 spiro atoms. The highest BCUT2D eigenvalue weighted by Gasteiger charge is 2.08. The van der Waals surface area contributed by atoms with Crippen LogP contribution in [0.5, 0.6) is 5.75 Å². The fraction of sp³-hybridized carbons (Fsp3) is 0.250. The summed E-state index contributed by atoms with van der Waals surface area (Å²) in [6.45, 7) is 2.28. The van der Waals surface area contributed by atoms with Gasteiger partial charge >= 0.3 is 0 Å². The van der Waals surface area contributed by atoms with Crippen molar-refractivity contribution < 1.29 is 9.90 Å². The number of hydrogen-bond acceptors (Lipinski definition) is 4. The van der Waals surface area contributed by atoms with Gasteiger partial charge in [0.15, 0.2) is 0 Å². The topological polar surface area (TPSA) is 74.2 Å². The van der Waals surface area contributed by atoms with Crippen molar-refractivity contribution in [2.75, 3.05) is 12.4 Å². The van der Waals surface area contributed by atoms with Crippen LogP contribution in [0.2, 0.25) is 0 Å². The van der Waals surface area contributed by atoms with Gasteiger partial charge in [-0.15, -0.1) is 0 Å². The monoisotopic (exact) mass is 285 g/mol. The molecule has 1 aromatic heterocycles. The summed E-state index contributed by atoms with van der Waals surface area (Å²) in [6.07, 6.45) is 0.312. The first-order valence-electron chi connectivity index (χ1n) is 6.78. The average molecular weight is 285 g/mol. The normalized spacial score (nSPS) is 10.2. The Balaban J connectivity index is 2.13. The Hall–Kier alpha value is -2.56. The van der Waals surface area contributed by atoms with Crippen LogP contribution in [0.1, 0.15) is 17.0 Å². The minimum atomic E-state index is -0.0409. The smallest absolute Gasteiger partial charge is 0.224 e. The standard InChI is InChI=1S/C16H19N3O2/c1-11-7-8-15(20)14(19-11)10-18-13-6-4-3-5-12(13)9-16(21)17-2/h3-8,18,20H,9-10H2,1-2H3,(H,17,21). The Kier molecular flexibility index (Phi) is 4.77. The Morgan fingerprint density at radius 3 is 2.76 bits per heavy atom. The van der Waals surface area contributed by atoms with Gasteiger partial charge in [0.25, 0.3) is 0 Å². The molecule has 3 N–H and O–H groups in total. The first-order chi connectivity index (χ1) is 10.1. The van der Waals surface area contributed by atoms with E-state index in [0.29, 0.717) is 18.7 Å². The second-order valence-electron chi connectivity index (χ2n) is 4.78. The van der Waals surface area contributed by atoms with E-state index >= 15 is 0 Å². The molecule has 5 heteroatoms. The number of hydrogen-bond donors (Lipinski definition) is 3. The van der Waals surface area contributed by atoms with E-state index in [0.717, 1.165) is 16.9 Å². The Morgan fingerprint density at radius 2 is 2.00 bits per heavy atom. The van der Waals surface area contributed by atoms with Crippen LogP contribution in [0, 0.1) is 6.92 Å². The third-order valence-electron chi connectivity index (χ3n) is 3.18. The van der Waals surface area contributed by atoms with Crippen LogP contribution in [0.4, 0.5) is 5.69 Å². The molecule has 0 saturated carbocycles. The van der Waals surface area contributed by atoms with Crippen molar-refractivity contribution in [2.45, 2.75) is 19.9 Å². The summed E-state index contributed by atoms with van der Waals surface area (Å²) in [5.41, 5.74) is 3.21. The van der Waals surface area contributed by atoms with Crippen molar-refractivity contribution in [1.29, 1.82) is 0 Å². The number of pyridine rings is 1. The number of anilines is 1. The van der Waals surface area contributed by atoms with Gasteiger partial charge in [0.2, 0.25) is 5.91 Å². The van der Waals surface area contributed by atoms with Crippen molar-refractivity contribution in [1.82, 2.24) is 10.3 Å². The maximum absolute atomic E-state index is 11.5. The molecule has 0 atom stereocenters. The average Bonchev–Trinajstić information content (AvgIpc) is 2.49. The SMILES string of the molecule is CNC(=O)Cc1ccccc1NCc1nc(C)ccc1O. The van der Waals surface area contributed by atoms with E-state index in [9.17, 15) is 9.90 Å². The number of aromatic nitrogens is 1. The number of amides is 1. The molecule has 0 aliphatic heterocycles. The molecule has 1 aromatic carbocycles. The van der Waals surface area contributed by atoms with Gasteiger partial charge in [-0.2, -0.15) is 0 Å². The van der Waals surface area contributed by atoms with E-state index < -0.39 is 0 Å². The van der Waals surface area contributed by atoms with Crippen molar-refractivity contribution in [2.24, 2.45) is 0 Å². The van der Waals surface area contributed by atoms with Crippen molar-refractivity contribution in [3.05, 3.63) is 53.3 Å². The van der Waals surface area contributed by atoms with E-state index in [1.54, 1.807) is 19.2 Å². The summed E-state index contributed by atoms with van der Waals surface area (Å²) in [6, 6.07) is 11.0. The summed E-state index contributed by atoms with van der Waals surface area (Å²) in [4.78, 5) is 15.8. The fourth-order valence-corrected chi connectivity index (χ4v) is 2.02. The third-order valence-corrected chi connectivity index (χ3v) is 3.18. The number of para-hydroxylation sites is 1. The van der Waals surface area contributed by atoms with Crippen LogP contribution in [-0.2, 0) is 17.8 Å². The van der Waals surface area contributed by atoms with E-state index in [4.69, 9.17) is 0 Å². The zero-order valence-corrected chi connectivity index (χ0v) is 12.2. The highest BCUT2D eigenvalue weighted by atomic mass is 16.3. The second kappa shape index (κ2) is 6.74. The quantitative estimate of drug-likeness (QED) is 0.785. The van der Waals surface area contributed by atoms with E-state index in [2.05, 4.69) is 15.6 Å². The largest absolute Gasteiger partial charge is 0.506 e. The minimum Gasteiger partial charge on any atom is -0.506 e. The van der Waals surface area contributed by atoms with E-state index in [1.165, 1.54) is 0 Å². The molecular weight excluding hydrogens is 266 g/mol. The summed E-state index contributed by atoms with van der Waals surface area (Å²) in [5, 5.41) is 15.6. The molecule has 5 nitrogen and oxygen atoms in total. The van der Waals surface area contributed by atoms with Crippen molar-refractivity contribution in [3.63, 3.8) is 0 Å². The predicted octanol–water partition coefficient (Wildman–Crippen LogP) is 2.00. The Bertz CT molecular complexity index is 641.